The highest BCUT2D eigenvalue weighted by Crippen LogP contribution is 2.07. The van der Waals surface area contributed by atoms with Crippen molar-refractivity contribution in [1.82, 2.24) is 30.4 Å². The molecule has 0 unspecified atom stereocenters. The van der Waals surface area contributed by atoms with E-state index in [4.69, 9.17) is 4.74 Å². The lowest BCUT2D eigenvalue weighted by atomic mass is 10.1. The molecule has 1 aliphatic rings. The molecular formula is C17H24N6O2. The molecule has 1 saturated heterocycles. The largest absolute Gasteiger partial charge is 0.379 e. The van der Waals surface area contributed by atoms with E-state index in [0.717, 1.165) is 50.7 Å². The maximum absolute atomic E-state index is 12.2. The molecule has 0 saturated carbocycles. The van der Waals surface area contributed by atoms with Gasteiger partial charge in [-0.1, -0.05) is 12.1 Å². The molecular weight excluding hydrogens is 320 g/mol. The van der Waals surface area contributed by atoms with Gasteiger partial charge >= 0.3 is 0 Å². The van der Waals surface area contributed by atoms with Gasteiger partial charge in [0, 0.05) is 25.2 Å². The fraction of sp³-hybridized carbons (Fsp3) is 0.529. The lowest BCUT2D eigenvalue weighted by Crippen LogP contribution is -2.38. The summed E-state index contributed by atoms with van der Waals surface area (Å²) in [7, 11) is 0. The smallest absolute Gasteiger partial charge is 0.251 e. The minimum atomic E-state index is -0.0351. The van der Waals surface area contributed by atoms with E-state index in [-0.39, 0.29) is 5.91 Å². The van der Waals surface area contributed by atoms with Crippen molar-refractivity contribution in [3.63, 3.8) is 0 Å². The Labute approximate surface area is 147 Å². The highest BCUT2D eigenvalue weighted by molar-refractivity contribution is 5.94. The number of carbonyl (C=O) groups is 1. The quantitative estimate of drug-likeness (QED) is 0.736. The summed E-state index contributed by atoms with van der Waals surface area (Å²) in [6, 6.07) is 7.55. The fourth-order valence-corrected chi connectivity index (χ4v) is 2.76. The fourth-order valence-electron chi connectivity index (χ4n) is 2.76. The van der Waals surface area contributed by atoms with Gasteiger partial charge in [-0.05, 0) is 48.0 Å². The number of amides is 1. The molecule has 0 spiro atoms. The Morgan fingerprint density at radius 3 is 2.68 bits per heavy atom. The number of ether oxygens (including phenoxy) is 1. The highest BCUT2D eigenvalue weighted by atomic mass is 16.5. The Morgan fingerprint density at radius 2 is 2.00 bits per heavy atom. The van der Waals surface area contributed by atoms with Crippen molar-refractivity contribution in [2.45, 2.75) is 19.9 Å². The number of tetrazole rings is 1. The average Bonchev–Trinajstić information content (AvgIpc) is 3.05. The van der Waals surface area contributed by atoms with Crippen LogP contribution in [0.4, 0.5) is 0 Å². The predicted molar refractivity (Wildman–Crippen MR) is 92.3 cm³/mol. The molecule has 1 aromatic heterocycles. The molecule has 1 aliphatic heterocycles. The zero-order valence-electron chi connectivity index (χ0n) is 14.5. The van der Waals surface area contributed by atoms with Crippen LogP contribution in [0.3, 0.4) is 0 Å². The Balaban J connectivity index is 1.42. The van der Waals surface area contributed by atoms with Crippen LogP contribution in [0.15, 0.2) is 24.3 Å². The van der Waals surface area contributed by atoms with Crippen molar-refractivity contribution in [2.75, 3.05) is 39.4 Å². The van der Waals surface area contributed by atoms with Crippen LogP contribution in [0.5, 0.6) is 0 Å². The van der Waals surface area contributed by atoms with E-state index in [9.17, 15) is 4.79 Å². The second-order valence-electron chi connectivity index (χ2n) is 6.14. The number of benzene rings is 1. The Bertz CT molecular complexity index is 679. The van der Waals surface area contributed by atoms with Gasteiger partial charge in [-0.2, -0.15) is 0 Å². The summed E-state index contributed by atoms with van der Waals surface area (Å²) in [5.41, 5.74) is 1.72. The standard InChI is InChI=1S/C17H24N6O2/c1-14-19-20-21-23(14)13-15-3-5-16(6-4-15)17(24)18-7-2-8-22-9-11-25-12-10-22/h3-6H,2,7-13H2,1H3,(H,18,24). The maximum Gasteiger partial charge on any atom is 0.251 e. The van der Waals surface area contributed by atoms with Crippen LogP contribution < -0.4 is 5.32 Å². The normalized spacial score (nSPS) is 15.2. The monoisotopic (exact) mass is 344 g/mol. The number of hydrogen-bond donors (Lipinski definition) is 1. The SMILES string of the molecule is Cc1nnnn1Cc1ccc(C(=O)NCCCN2CCOCC2)cc1. The van der Waals surface area contributed by atoms with Gasteiger partial charge in [0.25, 0.3) is 5.91 Å². The van der Waals surface area contributed by atoms with Crippen LogP contribution in [0.2, 0.25) is 0 Å². The minimum absolute atomic E-state index is 0.0351. The third-order valence-corrected chi connectivity index (χ3v) is 4.30. The molecule has 8 nitrogen and oxygen atoms in total. The van der Waals surface area contributed by atoms with E-state index < -0.39 is 0 Å². The maximum atomic E-state index is 12.2. The van der Waals surface area contributed by atoms with Gasteiger partial charge in [0.15, 0.2) is 0 Å². The van der Waals surface area contributed by atoms with Crippen molar-refractivity contribution in [3.8, 4) is 0 Å². The van der Waals surface area contributed by atoms with Crippen molar-refractivity contribution in [1.29, 1.82) is 0 Å². The molecule has 1 amide bonds. The van der Waals surface area contributed by atoms with Gasteiger partial charge in [0.05, 0.1) is 19.8 Å². The first-order chi connectivity index (χ1) is 12.2. The number of aromatic nitrogens is 4. The molecule has 0 atom stereocenters. The minimum Gasteiger partial charge on any atom is -0.379 e. The third kappa shape index (κ3) is 5.07. The summed E-state index contributed by atoms with van der Waals surface area (Å²) in [4.78, 5) is 14.6. The molecule has 2 aromatic rings. The molecule has 0 aliphatic carbocycles. The van der Waals surface area contributed by atoms with E-state index >= 15 is 0 Å². The molecule has 1 fully saturated rings. The van der Waals surface area contributed by atoms with Crippen molar-refractivity contribution < 1.29 is 9.53 Å². The first-order valence-corrected chi connectivity index (χ1v) is 8.62. The van der Waals surface area contributed by atoms with Gasteiger partial charge in [0.1, 0.15) is 5.82 Å². The van der Waals surface area contributed by atoms with Gasteiger partial charge in [0.2, 0.25) is 0 Å². The number of hydrogen-bond acceptors (Lipinski definition) is 6. The van der Waals surface area contributed by atoms with Crippen LogP contribution in [0.1, 0.15) is 28.2 Å². The number of aryl methyl sites for hydroxylation is 1. The predicted octanol–water partition coefficient (Wildman–Crippen LogP) is 0.482. The van der Waals surface area contributed by atoms with Crippen LogP contribution >= 0.6 is 0 Å². The number of morpholine rings is 1. The topological polar surface area (TPSA) is 85.2 Å². The van der Waals surface area contributed by atoms with Crippen molar-refractivity contribution in [2.24, 2.45) is 0 Å². The van der Waals surface area contributed by atoms with E-state index in [1.54, 1.807) is 4.68 Å². The van der Waals surface area contributed by atoms with Gasteiger partial charge in [-0.3, -0.25) is 9.69 Å². The van der Waals surface area contributed by atoms with Crippen LogP contribution in [-0.2, 0) is 11.3 Å². The number of rotatable bonds is 7. The van der Waals surface area contributed by atoms with Crippen LogP contribution in [0, 0.1) is 6.92 Å². The third-order valence-electron chi connectivity index (χ3n) is 4.30. The number of nitrogens with one attached hydrogen (secondary N) is 1. The lowest BCUT2D eigenvalue weighted by Gasteiger charge is -2.26. The molecule has 8 heteroatoms. The first kappa shape index (κ1) is 17.5. The van der Waals surface area contributed by atoms with Crippen LogP contribution in [0.25, 0.3) is 0 Å². The van der Waals surface area contributed by atoms with Crippen molar-refractivity contribution in [3.05, 3.63) is 41.2 Å². The highest BCUT2D eigenvalue weighted by Gasteiger charge is 2.10. The van der Waals surface area contributed by atoms with E-state index in [2.05, 4.69) is 25.7 Å². The second kappa shape index (κ2) is 8.68. The Hall–Kier alpha value is -2.32. The van der Waals surface area contributed by atoms with Gasteiger partial charge in [-0.25, -0.2) is 4.68 Å². The molecule has 134 valence electrons. The molecule has 3 rings (SSSR count). The molecule has 0 radical (unpaired) electrons. The molecule has 2 heterocycles. The molecule has 25 heavy (non-hydrogen) atoms. The van der Waals surface area contributed by atoms with Gasteiger partial charge in [-0.15, -0.1) is 5.10 Å². The Kier molecular flexibility index (Phi) is 6.08. The van der Waals surface area contributed by atoms with Crippen molar-refractivity contribution >= 4 is 5.91 Å². The van der Waals surface area contributed by atoms with Gasteiger partial charge < -0.3 is 10.1 Å². The van der Waals surface area contributed by atoms with E-state index in [1.165, 1.54) is 0 Å². The summed E-state index contributed by atoms with van der Waals surface area (Å²) in [5.74, 6) is 0.731. The summed E-state index contributed by atoms with van der Waals surface area (Å²) >= 11 is 0. The number of carbonyl (C=O) groups excluding carboxylic acids is 1. The first-order valence-electron chi connectivity index (χ1n) is 8.62. The summed E-state index contributed by atoms with van der Waals surface area (Å²) in [6.45, 7) is 7.72. The zero-order chi connectivity index (χ0) is 17.5. The molecule has 1 N–H and O–H groups in total. The summed E-state index contributed by atoms with van der Waals surface area (Å²) in [6.07, 6.45) is 0.947. The zero-order valence-corrected chi connectivity index (χ0v) is 14.5. The van der Waals surface area contributed by atoms with Crippen LogP contribution in [-0.4, -0.2) is 70.4 Å². The van der Waals surface area contributed by atoms with E-state index in [1.807, 2.05) is 31.2 Å². The number of nitrogens with zero attached hydrogens (tertiary/aromatic N) is 5. The Morgan fingerprint density at radius 1 is 1.24 bits per heavy atom. The summed E-state index contributed by atoms with van der Waals surface area (Å²) < 4.78 is 7.05. The molecule has 1 aromatic carbocycles. The summed E-state index contributed by atoms with van der Waals surface area (Å²) in [5, 5.41) is 14.4. The van der Waals surface area contributed by atoms with E-state index in [0.29, 0.717) is 18.7 Å². The lowest BCUT2D eigenvalue weighted by molar-refractivity contribution is 0.0374. The average molecular weight is 344 g/mol. The second-order valence-corrected chi connectivity index (χ2v) is 6.14. The molecule has 0 bridgehead atoms.